The molecule has 12 heteroatoms. The summed E-state index contributed by atoms with van der Waals surface area (Å²) < 4.78 is 45.3. The molecule has 0 aromatic heterocycles. The van der Waals surface area contributed by atoms with E-state index in [2.05, 4.69) is 10.3 Å². The van der Waals surface area contributed by atoms with E-state index in [0.29, 0.717) is 0 Å². The minimum absolute atomic E-state index is 0.177. The molecule has 0 aliphatic heterocycles. The summed E-state index contributed by atoms with van der Waals surface area (Å²) in [7, 11) is -3.92. The first kappa shape index (κ1) is 17.8. The van der Waals surface area contributed by atoms with Crippen molar-refractivity contribution in [1.82, 2.24) is 0 Å². The molecule has 1 unspecified atom stereocenters. The van der Waals surface area contributed by atoms with Gasteiger partial charge in [-0.3, -0.25) is 14.3 Å². The van der Waals surface area contributed by atoms with E-state index in [1.165, 1.54) is 0 Å². The summed E-state index contributed by atoms with van der Waals surface area (Å²) >= 11 is -2.66. The molecule has 0 aliphatic carbocycles. The predicted octanol–water partition coefficient (Wildman–Crippen LogP) is 0.828. The number of nitro groups is 1. The summed E-state index contributed by atoms with van der Waals surface area (Å²) in [6.45, 7) is 0. The summed E-state index contributed by atoms with van der Waals surface area (Å²) in [6.07, 6.45) is 0. The maximum atomic E-state index is 11.6. The quantitative estimate of drug-likeness (QED) is 0.350. The van der Waals surface area contributed by atoms with Crippen LogP contribution in [0.25, 0.3) is 11.1 Å². The summed E-state index contributed by atoms with van der Waals surface area (Å²) in [6, 6.07) is 6.04. The van der Waals surface area contributed by atoms with Crippen molar-refractivity contribution in [3.63, 3.8) is 0 Å². The zero-order valence-corrected chi connectivity index (χ0v) is 13.4. The van der Waals surface area contributed by atoms with Gasteiger partial charge in [0.2, 0.25) is 0 Å². The van der Waals surface area contributed by atoms with Crippen LogP contribution in [0.2, 0.25) is 0 Å². The Morgan fingerprint density at radius 3 is 2.29 bits per heavy atom. The molecule has 0 bridgehead atoms. The maximum Gasteiger partial charge on any atom is 0.322 e. The SMILES string of the molecule is [NH3+]S(=O)(=O)c1ccc([N+](=O)[O-])c(-c2cc(S(=O)[O-])ccc2N=O)c1. The molecular weight excluding hydrogens is 362 g/mol. The molecule has 10 nitrogen and oxygen atoms in total. The van der Waals surface area contributed by atoms with Crippen molar-refractivity contribution in [2.75, 3.05) is 0 Å². The summed E-state index contributed by atoms with van der Waals surface area (Å²) in [4.78, 5) is 20.8. The second-order valence-electron chi connectivity index (χ2n) is 4.56. The first-order valence-corrected chi connectivity index (χ1v) is 8.81. The largest absolute Gasteiger partial charge is 0.768 e. The van der Waals surface area contributed by atoms with Crippen LogP contribution in [-0.2, 0) is 21.1 Å². The van der Waals surface area contributed by atoms with Crippen LogP contribution in [0.15, 0.2) is 51.4 Å². The van der Waals surface area contributed by atoms with Gasteiger partial charge in [0.15, 0.2) is 0 Å². The van der Waals surface area contributed by atoms with E-state index in [4.69, 9.17) is 0 Å². The molecule has 0 saturated heterocycles. The Balaban J connectivity index is 2.88. The fraction of sp³-hybridized carbons (Fsp3) is 0. The average Bonchev–Trinajstić information content (AvgIpc) is 2.52. The van der Waals surface area contributed by atoms with Crippen molar-refractivity contribution in [1.29, 1.82) is 0 Å². The fourth-order valence-electron chi connectivity index (χ4n) is 2.00. The number of nitrogens with zero attached hydrogens (tertiary/aromatic N) is 2. The van der Waals surface area contributed by atoms with E-state index in [9.17, 15) is 32.2 Å². The van der Waals surface area contributed by atoms with E-state index in [0.717, 1.165) is 36.4 Å². The Hall–Kier alpha value is -2.54. The standard InChI is InChI=1S/C12H9N3O7S2/c13-24(21,22)8-2-4-12(15(17)18)10(6-8)9-5-7(23(19)20)1-3-11(9)14-16/h1-6H,(H,19,20)(H2,13,21,22). The highest BCUT2D eigenvalue weighted by Gasteiger charge is 2.23. The highest BCUT2D eigenvalue weighted by molar-refractivity contribution is 7.84. The molecule has 2 aromatic carbocycles. The number of hydrogen-bond donors (Lipinski definition) is 1. The molecule has 1 atom stereocenters. The zero-order valence-electron chi connectivity index (χ0n) is 11.7. The monoisotopic (exact) mass is 371 g/mol. The lowest BCUT2D eigenvalue weighted by molar-refractivity contribution is -0.384. The average molecular weight is 371 g/mol. The van der Waals surface area contributed by atoms with Crippen molar-refractivity contribution in [3.8, 4) is 11.1 Å². The van der Waals surface area contributed by atoms with E-state index in [1.807, 2.05) is 0 Å². The van der Waals surface area contributed by atoms with Crippen LogP contribution in [0.5, 0.6) is 0 Å². The van der Waals surface area contributed by atoms with Gasteiger partial charge in [0.05, 0.1) is 10.5 Å². The number of benzene rings is 2. The van der Waals surface area contributed by atoms with Crippen LogP contribution >= 0.6 is 0 Å². The normalized spacial score (nSPS) is 12.6. The molecule has 0 aliphatic rings. The van der Waals surface area contributed by atoms with E-state index >= 15 is 0 Å². The van der Waals surface area contributed by atoms with Crippen molar-refractivity contribution < 1.29 is 27.2 Å². The van der Waals surface area contributed by atoms with Crippen LogP contribution in [-0.4, -0.2) is 22.1 Å². The molecule has 24 heavy (non-hydrogen) atoms. The third-order valence-corrected chi connectivity index (χ3v) is 4.68. The Bertz CT molecular complexity index is 973. The van der Waals surface area contributed by atoms with Gasteiger partial charge in [-0.05, 0) is 46.6 Å². The third kappa shape index (κ3) is 3.51. The zero-order chi connectivity index (χ0) is 18.1. The van der Waals surface area contributed by atoms with Crippen LogP contribution in [0.1, 0.15) is 0 Å². The minimum atomic E-state index is -3.92. The Morgan fingerprint density at radius 2 is 1.79 bits per heavy atom. The Labute approximate surface area is 137 Å². The number of sulfonamides is 1. The van der Waals surface area contributed by atoms with Gasteiger partial charge in [0.25, 0.3) is 5.69 Å². The molecule has 0 radical (unpaired) electrons. The summed E-state index contributed by atoms with van der Waals surface area (Å²) in [5.41, 5.74) is -1.22. The van der Waals surface area contributed by atoms with Gasteiger partial charge in [-0.15, -0.1) is 4.91 Å². The second kappa shape index (κ2) is 6.52. The van der Waals surface area contributed by atoms with Gasteiger partial charge in [-0.1, -0.05) is 0 Å². The highest BCUT2D eigenvalue weighted by Crippen LogP contribution is 2.38. The molecule has 0 spiro atoms. The van der Waals surface area contributed by atoms with Crippen molar-refractivity contribution in [2.24, 2.45) is 5.18 Å². The summed E-state index contributed by atoms with van der Waals surface area (Å²) in [5, 5.41) is 16.8. The van der Waals surface area contributed by atoms with Gasteiger partial charge >= 0.3 is 10.0 Å². The second-order valence-corrected chi connectivity index (χ2v) is 7.20. The number of rotatable bonds is 5. The molecule has 0 fully saturated rings. The first-order valence-electron chi connectivity index (χ1n) is 6.08. The lowest BCUT2D eigenvalue weighted by Gasteiger charge is -2.10. The lowest BCUT2D eigenvalue weighted by atomic mass is 10.0. The lowest BCUT2D eigenvalue weighted by Crippen LogP contribution is -2.56. The number of hydrogen-bond acceptors (Lipinski definition) is 8. The number of nitro benzene ring substituents is 1. The van der Waals surface area contributed by atoms with Gasteiger partial charge in [0, 0.05) is 16.5 Å². The van der Waals surface area contributed by atoms with Gasteiger partial charge < -0.3 is 4.55 Å². The molecule has 2 rings (SSSR count). The highest BCUT2D eigenvalue weighted by atomic mass is 32.2. The topological polar surface area (TPSA) is 174 Å². The van der Waals surface area contributed by atoms with Crippen molar-refractivity contribution >= 4 is 32.5 Å². The first-order chi connectivity index (χ1) is 11.1. The molecule has 0 saturated carbocycles. The maximum absolute atomic E-state index is 11.6. The fourth-order valence-corrected chi connectivity index (χ4v) is 2.96. The molecule has 2 aromatic rings. The van der Waals surface area contributed by atoms with Gasteiger partial charge in [-0.25, -0.2) is 5.14 Å². The van der Waals surface area contributed by atoms with Gasteiger partial charge in [0.1, 0.15) is 10.6 Å². The molecule has 0 heterocycles. The smallest absolute Gasteiger partial charge is 0.322 e. The van der Waals surface area contributed by atoms with Crippen LogP contribution in [0.4, 0.5) is 11.4 Å². The van der Waals surface area contributed by atoms with Crippen molar-refractivity contribution in [2.45, 2.75) is 9.79 Å². The van der Waals surface area contributed by atoms with Crippen LogP contribution in [0.3, 0.4) is 0 Å². The van der Waals surface area contributed by atoms with Gasteiger partial charge in [-0.2, -0.15) is 8.42 Å². The Kier molecular flexibility index (Phi) is 4.84. The van der Waals surface area contributed by atoms with E-state index < -0.39 is 31.7 Å². The number of nitroso groups, excluding NO2 is 1. The molecule has 126 valence electrons. The third-order valence-electron chi connectivity index (χ3n) is 3.07. The predicted molar refractivity (Wildman–Crippen MR) is 81.2 cm³/mol. The van der Waals surface area contributed by atoms with Crippen LogP contribution in [0, 0.1) is 15.0 Å². The summed E-state index contributed by atoms with van der Waals surface area (Å²) in [5.74, 6) is 0. The molecule has 0 amide bonds. The van der Waals surface area contributed by atoms with Crippen LogP contribution < -0.4 is 5.14 Å². The van der Waals surface area contributed by atoms with E-state index in [-0.39, 0.29) is 26.6 Å². The minimum Gasteiger partial charge on any atom is -0.768 e. The number of quaternary nitrogens is 1. The van der Waals surface area contributed by atoms with Crippen molar-refractivity contribution in [3.05, 3.63) is 51.4 Å². The molecular formula is C12H9N3O7S2. The molecule has 3 N–H and O–H groups in total. The van der Waals surface area contributed by atoms with E-state index in [1.54, 1.807) is 0 Å². The Morgan fingerprint density at radius 1 is 1.12 bits per heavy atom.